The molecule has 0 aliphatic carbocycles. The van der Waals surface area contributed by atoms with Gasteiger partial charge in [0.2, 0.25) is 0 Å². The predicted octanol–water partition coefficient (Wildman–Crippen LogP) is 5.83. The molecule has 176 valence electrons. The lowest BCUT2D eigenvalue weighted by Crippen LogP contribution is -2.29. The van der Waals surface area contributed by atoms with Crippen molar-refractivity contribution in [3.63, 3.8) is 0 Å². The van der Waals surface area contributed by atoms with E-state index in [4.69, 9.17) is 9.15 Å². The first-order valence-corrected chi connectivity index (χ1v) is 11.2. The minimum atomic E-state index is -0.894. The second kappa shape index (κ2) is 8.52. The molecule has 1 unspecified atom stereocenters. The highest BCUT2D eigenvalue weighted by Crippen LogP contribution is 2.44. The van der Waals surface area contributed by atoms with Crippen LogP contribution in [0.3, 0.4) is 0 Å². The van der Waals surface area contributed by atoms with Crippen molar-refractivity contribution in [2.24, 2.45) is 0 Å². The Morgan fingerprint density at radius 2 is 1.74 bits per heavy atom. The van der Waals surface area contributed by atoms with Gasteiger partial charge < -0.3 is 14.3 Å². The van der Waals surface area contributed by atoms with Crippen molar-refractivity contribution in [3.8, 4) is 5.75 Å². The predicted molar refractivity (Wildman–Crippen MR) is 131 cm³/mol. The van der Waals surface area contributed by atoms with Gasteiger partial charge in [0.15, 0.2) is 0 Å². The molecule has 1 saturated heterocycles. The SMILES string of the molecule is COc1ccc(/C(O)=C2/C(=O)C(=O)N(c3ccccc3C)C2c2ccc(C)o2)cc1C(C)(C)C. The Morgan fingerprint density at radius 3 is 2.32 bits per heavy atom. The van der Waals surface area contributed by atoms with Gasteiger partial charge in [-0.1, -0.05) is 39.0 Å². The van der Waals surface area contributed by atoms with Crippen molar-refractivity contribution in [2.45, 2.75) is 46.1 Å². The maximum atomic E-state index is 13.3. The van der Waals surface area contributed by atoms with E-state index < -0.39 is 17.7 Å². The van der Waals surface area contributed by atoms with E-state index in [0.717, 1.165) is 11.1 Å². The summed E-state index contributed by atoms with van der Waals surface area (Å²) in [6.07, 6.45) is 0. The van der Waals surface area contributed by atoms with E-state index in [1.807, 2.05) is 45.9 Å². The van der Waals surface area contributed by atoms with Gasteiger partial charge in [0.1, 0.15) is 29.1 Å². The van der Waals surface area contributed by atoms with Crippen LogP contribution in [-0.4, -0.2) is 23.9 Å². The number of para-hydroxylation sites is 1. The molecule has 2 heterocycles. The van der Waals surface area contributed by atoms with Crippen molar-refractivity contribution < 1.29 is 23.8 Å². The average Bonchev–Trinajstić information content (AvgIpc) is 3.33. The first-order valence-electron chi connectivity index (χ1n) is 11.2. The average molecular weight is 460 g/mol. The van der Waals surface area contributed by atoms with Gasteiger partial charge in [0, 0.05) is 16.8 Å². The second-order valence-corrected chi connectivity index (χ2v) is 9.57. The van der Waals surface area contributed by atoms with Crippen molar-refractivity contribution in [1.29, 1.82) is 0 Å². The number of anilines is 1. The molecule has 0 radical (unpaired) electrons. The largest absolute Gasteiger partial charge is 0.507 e. The summed E-state index contributed by atoms with van der Waals surface area (Å²) < 4.78 is 11.4. The number of furan rings is 1. The highest BCUT2D eigenvalue weighted by atomic mass is 16.5. The summed E-state index contributed by atoms with van der Waals surface area (Å²) >= 11 is 0. The fraction of sp³-hybridized carbons (Fsp3) is 0.286. The number of aliphatic hydroxyl groups is 1. The van der Waals surface area contributed by atoms with Gasteiger partial charge in [-0.15, -0.1) is 0 Å². The monoisotopic (exact) mass is 459 g/mol. The summed E-state index contributed by atoms with van der Waals surface area (Å²) in [5, 5.41) is 11.4. The first-order chi connectivity index (χ1) is 16.0. The van der Waals surface area contributed by atoms with Gasteiger partial charge in [0.25, 0.3) is 11.7 Å². The number of carbonyl (C=O) groups is 2. The van der Waals surface area contributed by atoms with Crippen LogP contribution in [0.4, 0.5) is 5.69 Å². The van der Waals surface area contributed by atoms with Gasteiger partial charge in [-0.2, -0.15) is 0 Å². The van der Waals surface area contributed by atoms with Crippen LogP contribution in [0.2, 0.25) is 0 Å². The molecule has 1 aliphatic rings. The van der Waals surface area contributed by atoms with Crippen molar-refractivity contribution >= 4 is 23.1 Å². The molecule has 34 heavy (non-hydrogen) atoms. The molecule has 1 atom stereocenters. The molecule has 1 amide bonds. The molecule has 6 nitrogen and oxygen atoms in total. The number of Topliss-reactive ketones (excluding diaryl/α,β-unsaturated/α-hetero) is 1. The lowest BCUT2D eigenvalue weighted by atomic mass is 9.84. The Labute approximate surface area is 199 Å². The van der Waals surface area contributed by atoms with Gasteiger partial charge in [-0.05, 0) is 61.2 Å². The maximum absolute atomic E-state index is 13.3. The summed E-state index contributed by atoms with van der Waals surface area (Å²) in [7, 11) is 1.59. The van der Waals surface area contributed by atoms with Gasteiger partial charge >= 0.3 is 0 Å². The van der Waals surface area contributed by atoms with Crippen LogP contribution < -0.4 is 9.64 Å². The number of ether oxygens (including phenoxy) is 1. The number of ketones is 1. The molecule has 3 aromatic rings. The van der Waals surface area contributed by atoms with Crippen LogP contribution in [0.5, 0.6) is 5.75 Å². The summed E-state index contributed by atoms with van der Waals surface area (Å²) in [5.41, 5.74) is 2.45. The van der Waals surface area contributed by atoms with E-state index in [1.54, 1.807) is 50.4 Å². The number of aryl methyl sites for hydroxylation is 2. The third-order valence-electron chi connectivity index (χ3n) is 6.13. The van der Waals surface area contributed by atoms with E-state index >= 15 is 0 Å². The summed E-state index contributed by atoms with van der Waals surface area (Å²) in [5.74, 6) is 0.0209. The number of hydrogen-bond donors (Lipinski definition) is 1. The summed E-state index contributed by atoms with van der Waals surface area (Å²) in [6.45, 7) is 9.78. The van der Waals surface area contributed by atoms with Crippen molar-refractivity contribution in [1.82, 2.24) is 0 Å². The Kier molecular flexibility index (Phi) is 5.86. The first kappa shape index (κ1) is 23.4. The summed E-state index contributed by atoms with van der Waals surface area (Å²) in [6, 6.07) is 15.2. The number of carbonyl (C=O) groups excluding carboxylic acids is 2. The second-order valence-electron chi connectivity index (χ2n) is 9.57. The van der Waals surface area contributed by atoms with E-state index in [1.165, 1.54) is 4.90 Å². The Balaban J connectivity index is 1.96. The lowest BCUT2D eigenvalue weighted by molar-refractivity contribution is -0.132. The number of hydrogen-bond acceptors (Lipinski definition) is 5. The number of aliphatic hydroxyl groups excluding tert-OH is 1. The smallest absolute Gasteiger partial charge is 0.300 e. The van der Waals surface area contributed by atoms with Crippen LogP contribution in [0.15, 0.2) is 64.6 Å². The molecule has 0 spiro atoms. The Hall–Kier alpha value is -3.80. The number of amides is 1. The fourth-order valence-electron chi connectivity index (χ4n) is 4.38. The molecule has 6 heteroatoms. The molecule has 2 aromatic carbocycles. The molecule has 1 aliphatic heterocycles. The topological polar surface area (TPSA) is 80.0 Å². The lowest BCUT2D eigenvalue weighted by Gasteiger charge is -2.25. The minimum Gasteiger partial charge on any atom is -0.507 e. The Morgan fingerprint density at radius 1 is 1.03 bits per heavy atom. The highest BCUT2D eigenvalue weighted by Gasteiger charge is 2.48. The van der Waals surface area contributed by atoms with Crippen molar-refractivity contribution in [3.05, 3.63) is 88.4 Å². The Bertz CT molecular complexity index is 1310. The van der Waals surface area contributed by atoms with Gasteiger partial charge in [-0.3, -0.25) is 14.5 Å². The quantitative estimate of drug-likeness (QED) is 0.302. The molecular weight excluding hydrogens is 430 g/mol. The minimum absolute atomic E-state index is 0.00682. The number of nitrogens with zero attached hydrogens (tertiary/aromatic N) is 1. The van der Waals surface area contributed by atoms with Crippen LogP contribution in [0.25, 0.3) is 5.76 Å². The van der Waals surface area contributed by atoms with E-state index in [2.05, 4.69) is 0 Å². The zero-order chi connectivity index (χ0) is 24.8. The van der Waals surface area contributed by atoms with E-state index in [9.17, 15) is 14.7 Å². The molecule has 0 bridgehead atoms. The van der Waals surface area contributed by atoms with Crippen LogP contribution >= 0.6 is 0 Å². The molecule has 1 aromatic heterocycles. The molecular formula is C28H29NO5. The summed E-state index contributed by atoms with van der Waals surface area (Å²) in [4.78, 5) is 28.0. The van der Waals surface area contributed by atoms with Crippen molar-refractivity contribution in [2.75, 3.05) is 12.0 Å². The van der Waals surface area contributed by atoms with Crippen LogP contribution in [0, 0.1) is 13.8 Å². The van der Waals surface area contributed by atoms with Gasteiger partial charge in [-0.25, -0.2) is 0 Å². The molecule has 1 N–H and O–H groups in total. The zero-order valence-corrected chi connectivity index (χ0v) is 20.3. The van der Waals surface area contributed by atoms with E-state index in [0.29, 0.717) is 28.5 Å². The van der Waals surface area contributed by atoms with Crippen LogP contribution in [-0.2, 0) is 15.0 Å². The van der Waals surface area contributed by atoms with Crippen LogP contribution in [0.1, 0.15) is 55.0 Å². The number of methoxy groups -OCH3 is 1. The van der Waals surface area contributed by atoms with E-state index in [-0.39, 0.29) is 16.7 Å². The number of benzene rings is 2. The number of rotatable bonds is 4. The fourth-order valence-corrected chi connectivity index (χ4v) is 4.38. The standard InChI is InChI=1S/C28H29NO5/c1-16-9-7-8-10-20(16)29-24(22-13-11-17(2)34-22)23(26(31)27(29)32)25(30)18-12-14-21(33-6)19(15-18)28(3,4)5/h7-15,24,30H,1-6H3/b25-23-. The molecule has 0 saturated carbocycles. The molecule has 4 rings (SSSR count). The third kappa shape index (κ3) is 3.89. The third-order valence-corrected chi connectivity index (χ3v) is 6.13. The normalized spacial score (nSPS) is 17.9. The zero-order valence-electron chi connectivity index (χ0n) is 20.3. The molecule has 1 fully saturated rings. The van der Waals surface area contributed by atoms with Gasteiger partial charge in [0.05, 0.1) is 12.7 Å². The maximum Gasteiger partial charge on any atom is 0.300 e. The highest BCUT2D eigenvalue weighted by molar-refractivity contribution is 6.51.